The predicted molar refractivity (Wildman–Crippen MR) is 216 cm³/mol. The highest BCUT2D eigenvalue weighted by Gasteiger charge is 2.22. The van der Waals surface area contributed by atoms with Crippen LogP contribution in [0, 0.1) is 12.8 Å². The fourth-order valence-corrected chi connectivity index (χ4v) is 7.01. The quantitative estimate of drug-likeness (QED) is 0.0444. The van der Waals surface area contributed by atoms with Crippen molar-refractivity contribution >= 4 is 28.7 Å². The molecule has 6 rings (SSSR count). The van der Waals surface area contributed by atoms with E-state index in [-0.39, 0.29) is 5.97 Å². The molecule has 0 unspecified atom stereocenters. The average Bonchev–Trinajstić information content (AvgIpc) is 3.21. The van der Waals surface area contributed by atoms with Crippen molar-refractivity contribution < 1.29 is 9.53 Å². The Kier molecular flexibility index (Phi) is 13.6. The largest absolute Gasteiger partial charge is 0.463 e. The van der Waals surface area contributed by atoms with E-state index in [1.165, 1.54) is 84.4 Å². The van der Waals surface area contributed by atoms with Crippen molar-refractivity contribution in [3.63, 3.8) is 0 Å². The van der Waals surface area contributed by atoms with Crippen LogP contribution in [-0.4, -0.2) is 12.6 Å². The Labute approximate surface area is 314 Å². The van der Waals surface area contributed by atoms with E-state index in [9.17, 15) is 4.79 Å². The van der Waals surface area contributed by atoms with Gasteiger partial charge in [0.2, 0.25) is 0 Å². The first-order chi connectivity index (χ1) is 26.0. The summed E-state index contributed by atoms with van der Waals surface area (Å²) in [7, 11) is 0. The van der Waals surface area contributed by atoms with E-state index < -0.39 is 0 Å². The van der Waals surface area contributed by atoms with Crippen LogP contribution in [0.3, 0.4) is 0 Å². The van der Waals surface area contributed by atoms with Crippen LogP contribution >= 0.6 is 0 Å². The fraction of sp³-hybridized carbons (Fsp3) is 0.298. The van der Waals surface area contributed by atoms with E-state index in [0.717, 1.165) is 47.9 Å². The number of benzene rings is 5. The van der Waals surface area contributed by atoms with Gasteiger partial charge in [0, 0.05) is 6.08 Å². The highest BCUT2D eigenvalue weighted by molar-refractivity contribution is 5.81. The van der Waals surface area contributed by atoms with E-state index in [0.29, 0.717) is 12.5 Å². The van der Waals surface area contributed by atoms with Crippen LogP contribution in [0.25, 0.3) is 11.1 Å². The number of hydrogen-bond acceptors (Lipinski definition) is 6. The smallest absolute Gasteiger partial charge is 0.330 e. The van der Waals surface area contributed by atoms with Crippen molar-refractivity contribution in [3.8, 4) is 11.1 Å². The molecule has 270 valence electrons. The Morgan fingerprint density at radius 2 is 1.06 bits per heavy atom. The second kappa shape index (κ2) is 19.4. The van der Waals surface area contributed by atoms with E-state index in [2.05, 4.69) is 94.6 Å². The maximum Gasteiger partial charge on any atom is 0.330 e. The molecule has 5 aromatic rings. The summed E-state index contributed by atoms with van der Waals surface area (Å²) in [5, 5.41) is 17.4. The van der Waals surface area contributed by atoms with Crippen LogP contribution in [0.4, 0.5) is 22.7 Å². The lowest BCUT2D eigenvalue weighted by Crippen LogP contribution is -2.13. The second-order valence-corrected chi connectivity index (χ2v) is 14.2. The maximum atomic E-state index is 11.1. The van der Waals surface area contributed by atoms with E-state index >= 15 is 0 Å². The summed E-state index contributed by atoms with van der Waals surface area (Å²) in [6.07, 6.45) is 13.2. The van der Waals surface area contributed by atoms with Crippen molar-refractivity contribution in [2.45, 2.75) is 77.0 Å². The molecule has 1 saturated carbocycles. The zero-order chi connectivity index (χ0) is 36.7. The first-order valence-electron chi connectivity index (χ1n) is 19.1. The van der Waals surface area contributed by atoms with Crippen molar-refractivity contribution in [2.75, 3.05) is 6.61 Å². The third-order valence-electron chi connectivity index (χ3n) is 10.2. The lowest BCUT2D eigenvalue weighted by Gasteiger charge is -2.29. The molecule has 6 nitrogen and oxygen atoms in total. The maximum absolute atomic E-state index is 11.1. The van der Waals surface area contributed by atoms with Gasteiger partial charge in [-0.2, -0.15) is 20.5 Å². The summed E-state index contributed by atoms with van der Waals surface area (Å²) in [6, 6.07) is 42.0. The minimum absolute atomic E-state index is 0.319. The Morgan fingerprint density at radius 3 is 1.58 bits per heavy atom. The monoisotopic (exact) mass is 702 g/mol. The van der Waals surface area contributed by atoms with Gasteiger partial charge in [-0.15, -0.1) is 0 Å². The molecule has 0 aromatic heterocycles. The normalized spacial score (nSPS) is 15.9. The molecule has 0 N–H and O–H groups in total. The molecule has 1 aliphatic rings. The molecule has 1 fully saturated rings. The van der Waals surface area contributed by atoms with E-state index in [4.69, 9.17) is 4.74 Å². The third-order valence-corrected chi connectivity index (χ3v) is 10.2. The number of azo groups is 2. The Hall–Kier alpha value is -5.49. The highest BCUT2D eigenvalue weighted by atomic mass is 16.5. The molecule has 0 atom stereocenters. The van der Waals surface area contributed by atoms with Crippen molar-refractivity contribution in [2.24, 2.45) is 26.4 Å². The molecule has 0 bridgehead atoms. The van der Waals surface area contributed by atoms with Gasteiger partial charge in [-0.05, 0) is 134 Å². The molecule has 53 heavy (non-hydrogen) atoms. The van der Waals surface area contributed by atoms with Gasteiger partial charge in [0.15, 0.2) is 0 Å². The minimum Gasteiger partial charge on any atom is -0.463 e. The molecule has 6 heteroatoms. The molecule has 0 saturated heterocycles. The number of aryl methyl sites for hydroxylation is 1. The van der Waals surface area contributed by atoms with Gasteiger partial charge in [0.1, 0.15) is 0 Å². The number of carbonyl (C=O) groups excluding carboxylic acids is 1. The van der Waals surface area contributed by atoms with Crippen LogP contribution in [0.5, 0.6) is 0 Å². The number of ether oxygens (including phenoxy) is 1. The van der Waals surface area contributed by atoms with Crippen molar-refractivity contribution in [1.82, 2.24) is 0 Å². The van der Waals surface area contributed by atoms with Crippen LogP contribution in [-0.2, 0) is 16.0 Å². The molecule has 0 radical (unpaired) electrons. The molecular weight excluding hydrogens is 653 g/mol. The van der Waals surface area contributed by atoms with Gasteiger partial charge in [0.05, 0.1) is 29.4 Å². The van der Waals surface area contributed by atoms with Crippen LogP contribution in [0.15, 0.2) is 154 Å². The van der Waals surface area contributed by atoms with Crippen LogP contribution in [0.2, 0.25) is 0 Å². The second-order valence-electron chi connectivity index (χ2n) is 14.2. The van der Waals surface area contributed by atoms with Gasteiger partial charge >= 0.3 is 5.97 Å². The van der Waals surface area contributed by atoms with E-state index in [1.807, 2.05) is 60.7 Å². The minimum atomic E-state index is -0.319. The van der Waals surface area contributed by atoms with Gasteiger partial charge < -0.3 is 4.74 Å². The zero-order valence-corrected chi connectivity index (χ0v) is 30.9. The fourth-order valence-electron chi connectivity index (χ4n) is 7.01. The first kappa shape index (κ1) is 37.3. The molecule has 0 aliphatic heterocycles. The summed E-state index contributed by atoms with van der Waals surface area (Å²) in [4.78, 5) is 11.1. The van der Waals surface area contributed by atoms with Crippen molar-refractivity contribution in [1.29, 1.82) is 0 Å². The number of carbonyl (C=O) groups is 1. The summed E-state index contributed by atoms with van der Waals surface area (Å²) in [5.41, 5.74) is 10.9. The molecule has 0 spiro atoms. The highest BCUT2D eigenvalue weighted by Crippen LogP contribution is 2.38. The molecule has 0 heterocycles. The zero-order valence-electron chi connectivity index (χ0n) is 30.9. The summed E-state index contributed by atoms with van der Waals surface area (Å²) < 4.78 is 5.07. The Bertz CT molecular complexity index is 1940. The van der Waals surface area contributed by atoms with E-state index in [1.54, 1.807) is 0 Å². The molecule has 0 amide bonds. The SMILES string of the molecule is C=CC(=O)OCCCCCCC1CCC(c2ccc(-c3ccc(Cc4ccc(N=Nc5ccc(N=Nc6ccc(C)cc6)cc5)cc4)cc3)cc2)CC1. The number of nitrogens with zero attached hydrogens (tertiary/aromatic N) is 4. The lowest BCUT2D eigenvalue weighted by molar-refractivity contribution is -0.137. The summed E-state index contributed by atoms with van der Waals surface area (Å²) in [5.74, 6) is 1.21. The Balaban J connectivity index is 0.913. The Morgan fingerprint density at radius 1 is 0.604 bits per heavy atom. The number of hydrogen-bond donors (Lipinski definition) is 0. The number of esters is 1. The predicted octanol–water partition coefficient (Wildman–Crippen LogP) is 14.0. The summed E-state index contributed by atoms with van der Waals surface area (Å²) >= 11 is 0. The molecule has 5 aromatic carbocycles. The van der Waals surface area contributed by atoms with Gasteiger partial charge in [-0.25, -0.2) is 4.79 Å². The van der Waals surface area contributed by atoms with Crippen molar-refractivity contribution in [3.05, 3.63) is 156 Å². The topological polar surface area (TPSA) is 75.7 Å². The van der Waals surface area contributed by atoms with Crippen LogP contribution in [0.1, 0.15) is 86.0 Å². The van der Waals surface area contributed by atoms with Gasteiger partial charge in [-0.1, -0.05) is 111 Å². The molecular formula is C47H50N4O2. The van der Waals surface area contributed by atoms with Gasteiger partial charge in [0.25, 0.3) is 0 Å². The average molecular weight is 703 g/mol. The van der Waals surface area contributed by atoms with Gasteiger partial charge in [-0.3, -0.25) is 0 Å². The lowest BCUT2D eigenvalue weighted by atomic mass is 9.77. The first-order valence-corrected chi connectivity index (χ1v) is 19.1. The summed E-state index contributed by atoms with van der Waals surface area (Å²) in [6.45, 7) is 5.99. The third kappa shape index (κ3) is 11.8. The number of unbranched alkanes of at least 4 members (excludes halogenated alkanes) is 3. The van der Waals surface area contributed by atoms with Crippen LogP contribution < -0.4 is 0 Å². The standard InChI is InChI=1S/C47H50N4O2/c1-3-47(52)53-33-7-5-4-6-8-36-11-17-39(18-12-36)41-21-23-42(24-22-41)40-19-13-37(14-20-40)34-38-15-27-44(28-16-38)49-51-46-31-29-45(30-32-46)50-48-43-25-9-35(2)10-26-43/h3,9-10,13-16,19-32,36,39H,1,4-8,11-12,17-18,33-34H2,2H3. The number of rotatable bonds is 16. The molecule has 1 aliphatic carbocycles.